The van der Waals surface area contributed by atoms with Crippen LogP contribution in [-0.2, 0) is 11.3 Å². The van der Waals surface area contributed by atoms with Gasteiger partial charge in [-0.05, 0) is 43.3 Å². The van der Waals surface area contributed by atoms with Gasteiger partial charge in [0, 0.05) is 32.4 Å². The van der Waals surface area contributed by atoms with E-state index in [-0.39, 0.29) is 11.4 Å². The predicted molar refractivity (Wildman–Crippen MR) is 105 cm³/mol. The van der Waals surface area contributed by atoms with Crippen LogP contribution in [0.25, 0.3) is 0 Å². The number of piperazine rings is 1. The van der Waals surface area contributed by atoms with E-state index in [1.54, 1.807) is 19.5 Å². The Bertz CT molecular complexity index is 813. The Balaban J connectivity index is 1.50. The van der Waals surface area contributed by atoms with E-state index in [1.807, 2.05) is 29.2 Å². The molecule has 0 aliphatic carbocycles. The zero-order chi connectivity index (χ0) is 18.9. The van der Waals surface area contributed by atoms with E-state index in [9.17, 15) is 4.79 Å². The number of carbonyl (C=O) groups is 1. The lowest BCUT2D eigenvalue weighted by molar-refractivity contribution is -0.123. The van der Waals surface area contributed by atoms with Crippen LogP contribution in [0.3, 0.4) is 0 Å². The largest absolute Gasteiger partial charge is 0.497 e. The summed E-state index contributed by atoms with van der Waals surface area (Å²) in [5.41, 5.74) is 2.13. The molecule has 27 heavy (non-hydrogen) atoms. The second kappa shape index (κ2) is 7.29. The smallest absolute Gasteiger partial charge is 0.241 e. The lowest BCUT2D eigenvalue weighted by Crippen LogP contribution is -2.64. The molecule has 0 N–H and O–H groups in total. The summed E-state index contributed by atoms with van der Waals surface area (Å²) >= 11 is 0. The Labute approximate surface area is 160 Å². The first-order chi connectivity index (χ1) is 13.1. The minimum atomic E-state index is -0.0113. The van der Waals surface area contributed by atoms with Crippen LogP contribution in [0, 0.1) is 0 Å². The molecule has 1 aromatic carbocycles. The molecule has 2 aliphatic rings. The molecule has 0 bridgehead atoms. The maximum absolute atomic E-state index is 12.6. The van der Waals surface area contributed by atoms with Gasteiger partial charge in [0.1, 0.15) is 5.75 Å². The summed E-state index contributed by atoms with van der Waals surface area (Å²) in [5, 5.41) is 0. The number of aromatic nitrogens is 1. The van der Waals surface area contributed by atoms with Gasteiger partial charge in [0.2, 0.25) is 5.91 Å². The number of hydrogen-bond donors (Lipinski definition) is 0. The van der Waals surface area contributed by atoms with Gasteiger partial charge in [0.05, 0.1) is 31.1 Å². The van der Waals surface area contributed by atoms with Gasteiger partial charge in [0.25, 0.3) is 0 Å². The zero-order valence-corrected chi connectivity index (χ0v) is 16.0. The number of likely N-dealkylation sites (N-methyl/N-ethyl adjacent to an activating group) is 1. The Morgan fingerprint density at radius 2 is 2.11 bits per heavy atom. The Hall–Kier alpha value is -2.44. The highest BCUT2D eigenvalue weighted by Crippen LogP contribution is 2.34. The lowest BCUT2D eigenvalue weighted by atomic mass is 9.92. The average molecular weight is 366 g/mol. The molecule has 1 spiro atoms. The van der Waals surface area contributed by atoms with Crippen LogP contribution in [0.1, 0.15) is 12.0 Å². The third kappa shape index (κ3) is 3.55. The second-order valence-electron chi connectivity index (χ2n) is 7.58. The third-order valence-corrected chi connectivity index (χ3v) is 5.84. The number of pyridine rings is 1. The molecule has 1 aromatic heterocycles. The van der Waals surface area contributed by atoms with E-state index in [1.165, 1.54) is 5.56 Å². The maximum Gasteiger partial charge on any atom is 0.241 e. The molecule has 6 heteroatoms. The number of anilines is 1. The number of hydrogen-bond acceptors (Lipinski definition) is 5. The standard InChI is InChI=1S/C21H26N4O2/c1-23-14-20(26)25(18-6-4-9-22-12-18)16-21(23)8-10-24(15-21)13-17-5-3-7-19(11-17)27-2/h3-7,9,11-12H,8,10,13-16H2,1-2H3. The van der Waals surface area contributed by atoms with Crippen LogP contribution < -0.4 is 9.64 Å². The van der Waals surface area contributed by atoms with Gasteiger partial charge >= 0.3 is 0 Å². The lowest BCUT2D eigenvalue weighted by Gasteiger charge is -2.46. The van der Waals surface area contributed by atoms with Gasteiger partial charge < -0.3 is 9.64 Å². The van der Waals surface area contributed by atoms with E-state index in [0.717, 1.165) is 37.5 Å². The molecule has 0 radical (unpaired) electrons. The molecule has 0 saturated carbocycles. The van der Waals surface area contributed by atoms with Gasteiger partial charge in [-0.15, -0.1) is 0 Å². The van der Waals surface area contributed by atoms with Crippen molar-refractivity contribution in [3.05, 3.63) is 54.4 Å². The fourth-order valence-electron chi connectivity index (χ4n) is 4.25. The van der Waals surface area contributed by atoms with Crippen molar-refractivity contribution in [3.8, 4) is 5.75 Å². The Kier molecular flexibility index (Phi) is 4.85. The van der Waals surface area contributed by atoms with Gasteiger partial charge in [-0.1, -0.05) is 12.1 Å². The van der Waals surface area contributed by atoms with Crippen LogP contribution in [0.15, 0.2) is 48.8 Å². The van der Waals surface area contributed by atoms with Gasteiger partial charge in [0.15, 0.2) is 0 Å². The van der Waals surface area contributed by atoms with Gasteiger partial charge in [-0.2, -0.15) is 0 Å². The van der Waals surface area contributed by atoms with Crippen LogP contribution in [-0.4, -0.2) is 66.6 Å². The zero-order valence-electron chi connectivity index (χ0n) is 16.0. The number of nitrogens with zero attached hydrogens (tertiary/aromatic N) is 4. The van der Waals surface area contributed by atoms with Gasteiger partial charge in [-0.25, -0.2) is 0 Å². The van der Waals surface area contributed by atoms with Crippen molar-refractivity contribution in [2.24, 2.45) is 0 Å². The highest BCUT2D eigenvalue weighted by molar-refractivity contribution is 5.95. The maximum atomic E-state index is 12.6. The van der Waals surface area contributed by atoms with Crippen molar-refractivity contribution >= 4 is 11.6 Å². The first-order valence-corrected chi connectivity index (χ1v) is 9.37. The number of likely N-dealkylation sites (tertiary alicyclic amines) is 1. The van der Waals surface area contributed by atoms with E-state index < -0.39 is 0 Å². The molecule has 4 rings (SSSR count). The molecule has 142 valence electrons. The highest BCUT2D eigenvalue weighted by Gasteiger charge is 2.47. The summed E-state index contributed by atoms with van der Waals surface area (Å²) in [4.78, 5) is 23.4. The van der Waals surface area contributed by atoms with Crippen LogP contribution in [0.5, 0.6) is 5.75 Å². The molecule has 1 amide bonds. The minimum Gasteiger partial charge on any atom is -0.497 e. The molecule has 2 saturated heterocycles. The quantitative estimate of drug-likeness (QED) is 0.829. The summed E-state index contributed by atoms with van der Waals surface area (Å²) in [6.07, 6.45) is 4.57. The number of ether oxygens (including phenoxy) is 1. The number of benzene rings is 1. The molecule has 2 aromatic rings. The van der Waals surface area contributed by atoms with Gasteiger partial charge in [-0.3, -0.25) is 19.6 Å². The summed E-state index contributed by atoms with van der Waals surface area (Å²) in [5.74, 6) is 1.03. The van der Waals surface area contributed by atoms with E-state index in [0.29, 0.717) is 13.1 Å². The van der Waals surface area contributed by atoms with E-state index in [2.05, 4.69) is 34.0 Å². The average Bonchev–Trinajstić information content (AvgIpc) is 3.09. The molecule has 6 nitrogen and oxygen atoms in total. The third-order valence-electron chi connectivity index (χ3n) is 5.84. The van der Waals surface area contributed by atoms with E-state index >= 15 is 0 Å². The van der Waals surface area contributed by atoms with Crippen LogP contribution in [0.4, 0.5) is 5.69 Å². The highest BCUT2D eigenvalue weighted by atomic mass is 16.5. The number of methoxy groups -OCH3 is 1. The summed E-state index contributed by atoms with van der Waals surface area (Å²) in [6.45, 7) is 4.03. The summed E-state index contributed by atoms with van der Waals surface area (Å²) in [6, 6.07) is 12.1. The Morgan fingerprint density at radius 1 is 1.22 bits per heavy atom. The predicted octanol–water partition coefficient (Wildman–Crippen LogP) is 2.01. The van der Waals surface area contributed by atoms with Crippen LogP contribution in [0.2, 0.25) is 0 Å². The van der Waals surface area contributed by atoms with Crippen LogP contribution >= 0.6 is 0 Å². The van der Waals surface area contributed by atoms with E-state index in [4.69, 9.17) is 4.74 Å². The van der Waals surface area contributed by atoms with Crippen molar-refractivity contribution in [1.29, 1.82) is 0 Å². The Morgan fingerprint density at radius 3 is 2.89 bits per heavy atom. The number of carbonyl (C=O) groups excluding carboxylic acids is 1. The normalized spacial score (nSPS) is 23.9. The molecule has 1 atom stereocenters. The molecule has 1 unspecified atom stereocenters. The molecule has 3 heterocycles. The SMILES string of the molecule is COc1cccc(CN2CCC3(C2)CN(c2cccnc2)C(=O)CN3C)c1. The first-order valence-electron chi connectivity index (χ1n) is 9.37. The summed E-state index contributed by atoms with van der Waals surface area (Å²) < 4.78 is 5.34. The second-order valence-corrected chi connectivity index (χ2v) is 7.58. The van der Waals surface area contributed by atoms with Crippen molar-refractivity contribution in [3.63, 3.8) is 0 Å². The first kappa shape index (κ1) is 17.9. The van der Waals surface area contributed by atoms with Crippen molar-refractivity contribution in [2.75, 3.05) is 45.2 Å². The molecular weight excluding hydrogens is 340 g/mol. The topological polar surface area (TPSA) is 48.9 Å². The number of rotatable bonds is 4. The monoisotopic (exact) mass is 366 g/mol. The molecule has 2 fully saturated rings. The fraction of sp³-hybridized carbons (Fsp3) is 0.429. The minimum absolute atomic E-state index is 0.0113. The van der Waals surface area contributed by atoms with Crippen molar-refractivity contribution in [2.45, 2.75) is 18.5 Å². The van der Waals surface area contributed by atoms with Crippen molar-refractivity contribution in [1.82, 2.24) is 14.8 Å². The fourth-order valence-corrected chi connectivity index (χ4v) is 4.25. The number of amides is 1. The molecular formula is C21H26N4O2. The molecule has 2 aliphatic heterocycles. The van der Waals surface area contributed by atoms with Crippen molar-refractivity contribution < 1.29 is 9.53 Å². The summed E-state index contributed by atoms with van der Waals surface area (Å²) in [7, 11) is 3.78.